The molecule has 1 aliphatic heterocycles. The number of likely N-dealkylation sites (tertiary alicyclic amines) is 1. The highest BCUT2D eigenvalue weighted by Crippen LogP contribution is 2.38. The van der Waals surface area contributed by atoms with E-state index in [2.05, 4.69) is 32.9 Å². The number of rotatable bonds is 1. The molecule has 0 radical (unpaired) electrons. The van der Waals surface area contributed by atoms with Gasteiger partial charge in [-0.1, -0.05) is 32.9 Å². The van der Waals surface area contributed by atoms with Crippen LogP contribution < -0.4 is 0 Å². The van der Waals surface area contributed by atoms with Gasteiger partial charge in [-0.2, -0.15) is 0 Å². The van der Waals surface area contributed by atoms with Crippen LogP contribution in [0.1, 0.15) is 49.5 Å². The number of benzene rings is 1. The number of carbonyl (C=O) groups is 1. The maximum atomic E-state index is 12.6. The Balaban J connectivity index is 1.72. The predicted molar refractivity (Wildman–Crippen MR) is 83.3 cm³/mol. The lowest BCUT2D eigenvalue weighted by Crippen LogP contribution is -2.31. The molecule has 1 saturated heterocycles. The summed E-state index contributed by atoms with van der Waals surface area (Å²) in [4.78, 5) is 14.5. The van der Waals surface area contributed by atoms with Crippen LogP contribution in [0.2, 0.25) is 0 Å². The van der Waals surface area contributed by atoms with E-state index < -0.39 is 0 Å². The molecular formula is C18H25NO2. The van der Waals surface area contributed by atoms with E-state index in [-0.39, 0.29) is 17.4 Å². The van der Waals surface area contributed by atoms with E-state index in [1.54, 1.807) is 0 Å². The number of nitrogens with zero attached hydrogens (tertiary/aromatic N) is 1. The fraction of sp³-hybridized carbons (Fsp3) is 0.611. The van der Waals surface area contributed by atoms with E-state index in [1.807, 2.05) is 17.0 Å². The van der Waals surface area contributed by atoms with E-state index in [1.165, 1.54) is 5.56 Å². The van der Waals surface area contributed by atoms with Crippen LogP contribution in [-0.4, -0.2) is 35.1 Å². The van der Waals surface area contributed by atoms with E-state index in [9.17, 15) is 9.90 Å². The van der Waals surface area contributed by atoms with Crippen LogP contribution in [0, 0.1) is 11.8 Å². The second-order valence-corrected chi connectivity index (χ2v) is 7.61. The van der Waals surface area contributed by atoms with Crippen LogP contribution in [0.4, 0.5) is 0 Å². The first kappa shape index (κ1) is 14.6. The zero-order valence-electron chi connectivity index (χ0n) is 13.2. The van der Waals surface area contributed by atoms with Gasteiger partial charge in [0.15, 0.2) is 0 Å². The van der Waals surface area contributed by atoms with Gasteiger partial charge >= 0.3 is 0 Å². The van der Waals surface area contributed by atoms with E-state index in [0.717, 1.165) is 24.9 Å². The standard InChI is InChI=1S/C18H25NO2/c1-18(2,3)14-7-4-12(5-8-14)17(21)19-10-13-6-9-16(20)15(13)11-19/h4-5,7-8,13,15-16,20H,6,9-11H2,1-3H3. The number of hydrogen-bond acceptors (Lipinski definition) is 2. The maximum Gasteiger partial charge on any atom is 0.253 e. The monoisotopic (exact) mass is 287 g/mol. The number of fused-ring (bicyclic) bond motifs is 1. The Hall–Kier alpha value is -1.35. The molecule has 1 N–H and O–H groups in total. The van der Waals surface area contributed by atoms with Gasteiger partial charge in [0.2, 0.25) is 0 Å². The van der Waals surface area contributed by atoms with Crippen molar-refractivity contribution in [1.82, 2.24) is 4.90 Å². The molecule has 3 rings (SSSR count). The summed E-state index contributed by atoms with van der Waals surface area (Å²) in [6.07, 6.45) is 1.74. The summed E-state index contributed by atoms with van der Waals surface area (Å²) < 4.78 is 0. The number of amides is 1. The summed E-state index contributed by atoms with van der Waals surface area (Å²) in [5, 5.41) is 9.96. The van der Waals surface area contributed by atoms with Crippen molar-refractivity contribution in [2.45, 2.75) is 45.1 Å². The van der Waals surface area contributed by atoms with Gasteiger partial charge in [0, 0.05) is 24.6 Å². The number of aliphatic hydroxyl groups excluding tert-OH is 1. The minimum atomic E-state index is -0.212. The van der Waals surface area contributed by atoms with Gasteiger partial charge in [-0.15, -0.1) is 0 Å². The highest BCUT2D eigenvalue weighted by Gasteiger charge is 2.43. The molecule has 3 nitrogen and oxygen atoms in total. The van der Waals surface area contributed by atoms with Gasteiger partial charge in [-0.3, -0.25) is 4.79 Å². The lowest BCUT2D eigenvalue weighted by molar-refractivity contribution is 0.0752. The van der Waals surface area contributed by atoms with Gasteiger partial charge in [0.1, 0.15) is 0 Å². The first-order valence-electron chi connectivity index (χ1n) is 7.94. The molecule has 3 unspecified atom stereocenters. The van der Waals surface area contributed by atoms with Crippen LogP contribution in [0.25, 0.3) is 0 Å². The Kier molecular flexibility index (Phi) is 3.56. The predicted octanol–water partition coefficient (Wildman–Crippen LogP) is 2.83. The Labute approximate surface area is 127 Å². The van der Waals surface area contributed by atoms with Gasteiger partial charge in [-0.25, -0.2) is 0 Å². The second kappa shape index (κ2) is 5.13. The molecule has 1 aromatic carbocycles. The summed E-state index contributed by atoms with van der Waals surface area (Å²) in [6, 6.07) is 7.98. The molecule has 2 fully saturated rings. The normalized spacial score (nSPS) is 28.8. The van der Waals surface area contributed by atoms with E-state index >= 15 is 0 Å². The SMILES string of the molecule is CC(C)(C)c1ccc(C(=O)N2CC3CCC(O)C3C2)cc1. The number of hydrogen-bond donors (Lipinski definition) is 1. The van der Waals surface area contributed by atoms with Crippen molar-refractivity contribution < 1.29 is 9.90 Å². The largest absolute Gasteiger partial charge is 0.393 e. The zero-order chi connectivity index (χ0) is 15.2. The smallest absolute Gasteiger partial charge is 0.253 e. The Morgan fingerprint density at radius 1 is 1.14 bits per heavy atom. The fourth-order valence-electron chi connectivity index (χ4n) is 3.70. The average Bonchev–Trinajstić information content (AvgIpc) is 3.00. The minimum absolute atomic E-state index is 0.107. The van der Waals surface area contributed by atoms with Gasteiger partial charge in [0.05, 0.1) is 6.10 Å². The number of aliphatic hydroxyl groups is 1. The summed E-state index contributed by atoms with van der Waals surface area (Å²) in [5.74, 6) is 0.901. The highest BCUT2D eigenvalue weighted by atomic mass is 16.3. The Morgan fingerprint density at radius 3 is 2.38 bits per heavy atom. The molecular weight excluding hydrogens is 262 g/mol. The summed E-state index contributed by atoms with van der Waals surface area (Å²) in [6.45, 7) is 8.04. The van der Waals surface area contributed by atoms with Gasteiger partial charge in [-0.05, 0) is 41.9 Å². The number of carbonyl (C=O) groups excluding carboxylic acids is 1. The summed E-state index contributed by atoms with van der Waals surface area (Å²) in [5.41, 5.74) is 2.11. The third-order valence-corrected chi connectivity index (χ3v) is 5.10. The average molecular weight is 287 g/mol. The molecule has 3 heteroatoms. The molecule has 0 bridgehead atoms. The molecule has 21 heavy (non-hydrogen) atoms. The third-order valence-electron chi connectivity index (χ3n) is 5.10. The summed E-state index contributed by atoms with van der Waals surface area (Å²) in [7, 11) is 0. The zero-order valence-corrected chi connectivity index (χ0v) is 13.2. The van der Waals surface area contributed by atoms with Crippen LogP contribution in [0.3, 0.4) is 0 Å². The maximum absolute atomic E-state index is 12.6. The summed E-state index contributed by atoms with van der Waals surface area (Å²) >= 11 is 0. The topological polar surface area (TPSA) is 40.5 Å². The van der Waals surface area contributed by atoms with Crippen molar-refractivity contribution in [2.75, 3.05) is 13.1 Å². The molecule has 1 heterocycles. The molecule has 0 aromatic heterocycles. The minimum Gasteiger partial charge on any atom is -0.393 e. The first-order chi connectivity index (χ1) is 9.86. The van der Waals surface area contributed by atoms with Crippen molar-refractivity contribution in [1.29, 1.82) is 0 Å². The molecule has 0 spiro atoms. The first-order valence-corrected chi connectivity index (χ1v) is 7.94. The van der Waals surface area contributed by atoms with Crippen LogP contribution in [0.5, 0.6) is 0 Å². The van der Waals surface area contributed by atoms with Crippen molar-refractivity contribution in [2.24, 2.45) is 11.8 Å². The molecule has 114 valence electrons. The highest BCUT2D eigenvalue weighted by molar-refractivity contribution is 5.94. The van der Waals surface area contributed by atoms with Crippen molar-refractivity contribution >= 4 is 5.91 Å². The van der Waals surface area contributed by atoms with Crippen LogP contribution in [0.15, 0.2) is 24.3 Å². The van der Waals surface area contributed by atoms with Crippen LogP contribution >= 0.6 is 0 Å². The fourth-order valence-corrected chi connectivity index (χ4v) is 3.70. The molecule has 2 aliphatic rings. The Morgan fingerprint density at radius 2 is 1.81 bits per heavy atom. The lowest BCUT2D eigenvalue weighted by Gasteiger charge is -2.21. The third kappa shape index (κ3) is 2.71. The van der Waals surface area contributed by atoms with Crippen molar-refractivity contribution in [3.63, 3.8) is 0 Å². The van der Waals surface area contributed by atoms with Gasteiger partial charge in [0.25, 0.3) is 5.91 Å². The van der Waals surface area contributed by atoms with Crippen LogP contribution in [-0.2, 0) is 5.41 Å². The quantitative estimate of drug-likeness (QED) is 0.863. The van der Waals surface area contributed by atoms with Crippen molar-refractivity contribution in [3.05, 3.63) is 35.4 Å². The Bertz CT molecular complexity index is 529. The van der Waals surface area contributed by atoms with Gasteiger partial charge < -0.3 is 10.0 Å². The van der Waals surface area contributed by atoms with Crippen molar-refractivity contribution in [3.8, 4) is 0 Å². The molecule has 1 saturated carbocycles. The van der Waals surface area contributed by atoms with E-state index in [0.29, 0.717) is 18.4 Å². The molecule has 1 amide bonds. The molecule has 3 atom stereocenters. The molecule has 1 aliphatic carbocycles. The molecule has 1 aromatic rings. The second-order valence-electron chi connectivity index (χ2n) is 7.61. The lowest BCUT2D eigenvalue weighted by atomic mass is 9.86. The van der Waals surface area contributed by atoms with E-state index in [4.69, 9.17) is 0 Å².